The van der Waals surface area contributed by atoms with Crippen LogP contribution in [0.3, 0.4) is 0 Å². The van der Waals surface area contributed by atoms with Gasteiger partial charge in [0.05, 0.1) is 13.2 Å². The van der Waals surface area contributed by atoms with Crippen LogP contribution in [0.25, 0.3) is 0 Å². The molecule has 2 amide bonds. The molecule has 2 saturated heterocycles. The Hall–Kier alpha value is -1.42. The predicted molar refractivity (Wildman–Crippen MR) is 91.8 cm³/mol. The van der Waals surface area contributed by atoms with Gasteiger partial charge in [0.1, 0.15) is 48.7 Å². The second-order valence-electron chi connectivity index (χ2n) is 7.04. The van der Waals surface area contributed by atoms with Crippen molar-refractivity contribution in [3.63, 3.8) is 0 Å². The van der Waals surface area contributed by atoms with E-state index in [9.17, 15) is 40.2 Å². The summed E-state index contributed by atoms with van der Waals surface area (Å²) in [5.74, 6) is -1.09. The summed E-state index contributed by atoms with van der Waals surface area (Å²) >= 11 is 0. The van der Waals surface area contributed by atoms with E-state index in [1.165, 1.54) is 13.8 Å². The number of hydrogen-bond acceptors (Lipinski definition) is 11. The van der Waals surface area contributed by atoms with Crippen molar-refractivity contribution in [2.24, 2.45) is 0 Å². The van der Waals surface area contributed by atoms with Gasteiger partial charge in [0.25, 0.3) is 0 Å². The highest BCUT2D eigenvalue weighted by molar-refractivity contribution is 5.73. The fraction of sp³-hybridized carbons (Fsp3) is 0.875. The molecule has 2 rings (SSSR count). The van der Waals surface area contributed by atoms with Gasteiger partial charge >= 0.3 is 0 Å². The monoisotopic (exact) mass is 424 g/mol. The minimum atomic E-state index is -1.64. The van der Waals surface area contributed by atoms with Gasteiger partial charge in [0.15, 0.2) is 12.6 Å². The topological polar surface area (TPSA) is 207 Å². The fourth-order valence-electron chi connectivity index (χ4n) is 3.28. The molecule has 0 aliphatic carbocycles. The highest BCUT2D eigenvalue weighted by Crippen LogP contribution is 2.25. The Morgan fingerprint density at radius 2 is 1.34 bits per heavy atom. The number of rotatable bonds is 6. The highest BCUT2D eigenvalue weighted by atomic mass is 16.7. The quantitative estimate of drug-likeness (QED) is 0.202. The second-order valence-corrected chi connectivity index (χ2v) is 7.04. The Balaban J connectivity index is 2.05. The highest BCUT2D eigenvalue weighted by Gasteiger charge is 2.48. The van der Waals surface area contributed by atoms with Crippen LogP contribution in [0.5, 0.6) is 0 Å². The first-order valence-electron chi connectivity index (χ1n) is 9.04. The smallest absolute Gasteiger partial charge is 0.217 e. The molecule has 2 aliphatic heterocycles. The van der Waals surface area contributed by atoms with Gasteiger partial charge in [-0.25, -0.2) is 0 Å². The van der Waals surface area contributed by atoms with Crippen LogP contribution in [0.4, 0.5) is 0 Å². The summed E-state index contributed by atoms with van der Waals surface area (Å²) in [5, 5.41) is 64.4. The molecule has 0 bridgehead atoms. The lowest BCUT2D eigenvalue weighted by atomic mass is 9.96. The van der Waals surface area contributed by atoms with E-state index in [2.05, 4.69) is 10.6 Å². The SMILES string of the molecule is CC(=O)N[C@@H]1[C@@H](O)[C@@H](O)[C@@H](CO[C@@H]2O[C@H](CO)[C@H](O)[C@H](O)[C@H]2NC(C)=O)O[C@H]1O. The lowest BCUT2D eigenvalue weighted by Crippen LogP contribution is -2.66. The van der Waals surface area contributed by atoms with Crippen LogP contribution >= 0.6 is 0 Å². The summed E-state index contributed by atoms with van der Waals surface area (Å²) in [6.45, 7) is 1.26. The third kappa shape index (κ3) is 5.59. The number of nitrogens with one attached hydrogen (secondary N) is 2. The van der Waals surface area contributed by atoms with Gasteiger partial charge in [-0.05, 0) is 0 Å². The summed E-state index contributed by atoms with van der Waals surface area (Å²) in [4.78, 5) is 22.6. The predicted octanol–water partition coefficient (Wildman–Crippen LogP) is -5.11. The van der Waals surface area contributed by atoms with E-state index in [0.29, 0.717) is 0 Å². The average Bonchev–Trinajstić information content (AvgIpc) is 2.65. The Morgan fingerprint density at radius 1 is 0.828 bits per heavy atom. The van der Waals surface area contributed by atoms with E-state index in [4.69, 9.17) is 14.2 Å². The third-order valence-corrected chi connectivity index (χ3v) is 4.77. The zero-order valence-corrected chi connectivity index (χ0v) is 15.9. The van der Waals surface area contributed by atoms with Crippen molar-refractivity contribution < 1.29 is 54.4 Å². The van der Waals surface area contributed by atoms with Gasteiger partial charge in [0, 0.05) is 13.8 Å². The van der Waals surface area contributed by atoms with Crippen molar-refractivity contribution in [3.05, 3.63) is 0 Å². The van der Waals surface area contributed by atoms with Crippen LogP contribution in [0.2, 0.25) is 0 Å². The molecule has 2 heterocycles. The molecule has 13 nitrogen and oxygen atoms in total. The summed E-state index contributed by atoms with van der Waals surface area (Å²) in [7, 11) is 0. The van der Waals surface area contributed by atoms with Crippen LogP contribution in [-0.2, 0) is 23.8 Å². The Kier molecular flexibility index (Phi) is 8.28. The molecule has 29 heavy (non-hydrogen) atoms. The van der Waals surface area contributed by atoms with Gasteiger partial charge in [-0.1, -0.05) is 0 Å². The molecular weight excluding hydrogens is 396 g/mol. The zero-order valence-electron chi connectivity index (χ0n) is 15.9. The van der Waals surface area contributed by atoms with E-state index < -0.39 is 86.3 Å². The molecule has 0 aromatic heterocycles. The fourth-order valence-corrected chi connectivity index (χ4v) is 3.28. The largest absolute Gasteiger partial charge is 0.394 e. The summed E-state index contributed by atoms with van der Waals surface area (Å²) in [6, 6.07) is -2.46. The molecular formula is C16H28N2O11. The lowest BCUT2D eigenvalue weighted by molar-refractivity contribution is -0.297. The maximum Gasteiger partial charge on any atom is 0.217 e. The molecule has 8 N–H and O–H groups in total. The van der Waals surface area contributed by atoms with Crippen LogP contribution in [-0.4, -0.2) is 117 Å². The van der Waals surface area contributed by atoms with Crippen molar-refractivity contribution >= 4 is 11.8 Å². The minimum Gasteiger partial charge on any atom is -0.394 e. The normalized spacial score (nSPS) is 42.9. The Labute approximate surface area is 166 Å². The molecule has 2 aliphatic rings. The first-order valence-corrected chi connectivity index (χ1v) is 9.04. The molecule has 2 fully saturated rings. The number of aliphatic hydroxyl groups excluding tert-OH is 6. The zero-order chi connectivity index (χ0) is 21.9. The van der Waals surface area contributed by atoms with E-state index in [0.717, 1.165) is 0 Å². The molecule has 0 aromatic rings. The third-order valence-electron chi connectivity index (χ3n) is 4.77. The van der Waals surface area contributed by atoms with E-state index in [1.807, 2.05) is 0 Å². The molecule has 0 spiro atoms. The van der Waals surface area contributed by atoms with Crippen LogP contribution in [0.1, 0.15) is 13.8 Å². The number of amides is 2. The molecule has 13 heteroatoms. The first kappa shape index (κ1) is 23.9. The van der Waals surface area contributed by atoms with Crippen molar-refractivity contribution in [1.29, 1.82) is 0 Å². The van der Waals surface area contributed by atoms with Crippen LogP contribution < -0.4 is 10.6 Å². The summed E-state index contributed by atoms with van der Waals surface area (Å²) in [5.41, 5.74) is 0. The number of carbonyl (C=O) groups excluding carboxylic acids is 2. The maximum absolute atomic E-state index is 11.4. The molecule has 0 aromatic carbocycles. The minimum absolute atomic E-state index is 0.455. The van der Waals surface area contributed by atoms with Crippen molar-refractivity contribution in [2.45, 2.75) is 75.1 Å². The number of hydrogen-bond donors (Lipinski definition) is 8. The van der Waals surface area contributed by atoms with Crippen molar-refractivity contribution in [3.8, 4) is 0 Å². The Bertz CT molecular complexity index is 579. The second kappa shape index (κ2) is 10.1. The van der Waals surface area contributed by atoms with Gasteiger partial charge in [-0.15, -0.1) is 0 Å². The Morgan fingerprint density at radius 3 is 1.90 bits per heavy atom. The number of aliphatic hydroxyl groups is 6. The number of carbonyl (C=O) groups is 2. The van der Waals surface area contributed by atoms with Gasteiger partial charge < -0.3 is 55.5 Å². The molecule has 0 saturated carbocycles. The van der Waals surface area contributed by atoms with E-state index >= 15 is 0 Å². The van der Waals surface area contributed by atoms with Crippen molar-refractivity contribution in [1.82, 2.24) is 10.6 Å². The maximum atomic E-state index is 11.4. The van der Waals surface area contributed by atoms with Crippen molar-refractivity contribution in [2.75, 3.05) is 13.2 Å². The van der Waals surface area contributed by atoms with E-state index in [-0.39, 0.29) is 0 Å². The summed E-state index contributed by atoms with van der Waals surface area (Å²) in [6.07, 6.45) is -11.5. The van der Waals surface area contributed by atoms with Crippen LogP contribution in [0.15, 0.2) is 0 Å². The molecule has 0 radical (unpaired) electrons. The van der Waals surface area contributed by atoms with Gasteiger partial charge in [-0.2, -0.15) is 0 Å². The summed E-state index contributed by atoms with van der Waals surface area (Å²) < 4.78 is 16.0. The van der Waals surface area contributed by atoms with E-state index in [1.54, 1.807) is 0 Å². The standard InChI is InChI=1S/C16H28N2O11/c1-5(20)17-9-13(24)12(23)8(28-15(9)26)4-27-16-10(18-6(2)21)14(25)11(22)7(3-19)29-16/h7-16,19,22-26H,3-4H2,1-2H3,(H,17,20)(H,18,21)/t7-,8-,9-,10-,11+,12+,13-,14-,15-,16-/m1/s1. The molecule has 168 valence electrons. The lowest BCUT2D eigenvalue weighted by Gasteiger charge is -2.44. The van der Waals surface area contributed by atoms with Crippen LogP contribution in [0, 0.1) is 0 Å². The first-order chi connectivity index (χ1) is 13.6. The van der Waals surface area contributed by atoms with Gasteiger partial charge in [-0.3, -0.25) is 9.59 Å². The molecule has 0 unspecified atom stereocenters. The number of ether oxygens (including phenoxy) is 3. The average molecular weight is 424 g/mol. The van der Waals surface area contributed by atoms with Gasteiger partial charge in [0.2, 0.25) is 11.8 Å². The molecule has 10 atom stereocenters.